The van der Waals surface area contributed by atoms with Crippen molar-refractivity contribution in [2.24, 2.45) is 0 Å². The van der Waals surface area contributed by atoms with Gasteiger partial charge in [0.2, 0.25) is 0 Å². The third kappa shape index (κ3) is 68.8. The van der Waals surface area contributed by atoms with Gasteiger partial charge in [0.1, 0.15) is 13.2 Å². The van der Waals surface area contributed by atoms with Gasteiger partial charge in [-0.25, -0.2) is 4.79 Å². The topological polar surface area (TPSA) is 108 Å². The summed E-state index contributed by atoms with van der Waals surface area (Å²) in [6.45, 7) is 4.66. The number of likely N-dealkylation sites (N-methyl/N-ethyl adjacent to an activating group) is 1. The number of allylic oxidation sites excluding steroid dienone is 22. The Morgan fingerprint density at radius 1 is 0.345 bits per heavy atom. The first-order valence-corrected chi connectivity index (χ1v) is 35.3. The van der Waals surface area contributed by atoms with E-state index in [9.17, 15) is 19.5 Å². The first kappa shape index (κ1) is 82.4. The van der Waals surface area contributed by atoms with E-state index in [-0.39, 0.29) is 32.2 Å². The molecule has 0 heterocycles. The molecule has 0 amide bonds. The zero-order chi connectivity index (χ0) is 63.3. The standard InChI is InChI=1S/C78H131NO8/c1-6-8-10-12-14-16-18-20-22-24-26-28-30-32-34-36-37-38-39-41-43-45-47-49-51-53-55-57-59-61-63-65-67-69-76(81)87-74(73-86-78(77(82)83)84-71-70-79(3,4)5)72-85-75(80)68-66-64-62-60-58-56-54-52-50-48-46-44-42-40-35-33-31-29-27-25-23-21-19-17-15-13-11-9-7-2/h8-11,14-17,20-23,26-29,32-35,37-38,74,78H,6-7,12-13,18-19,24-25,30-31,36,39-73H2,1-5H3/p+1/b10-8-,11-9-,16-14-,17-15-,22-20-,23-21-,28-26-,29-27-,34-32-,35-33-,38-37-. The summed E-state index contributed by atoms with van der Waals surface area (Å²) in [7, 11) is 5.97. The Hall–Kier alpha value is -4.57. The summed E-state index contributed by atoms with van der Waals surface area (Å²) in [6.07, 6.45) is 94.1. The van der Waals surface area contributed by atoms with E-state index in [1.165, 1.54) is 141 Å². The molecule has 0 rings (SSSR count). The highest BCUT2D eigenvalue weighted by Gasteiger charge is 2.25. The molecule has 0 fully saturated rings. The van der Waals surface area contributed by atoms with Crippen LogP contribution in [0.3, 0.4) is 0 Å². The molecule has 0 radical (unpaired) electrons. The second-order valence-electron chi connectivity index (χ2n) is 24.4. The lowest BCUT2D eigenvalue weighted by atomic mass is 10.0. The van der Waals surface area contributed by atoms with Crippen molar-refractivity contribution in [3.8, 4) is 0 Å². The number of quaternary nitrogens is 1. The Kier molecular flexibility index (Phi) is 63.8. The number of aliphatic carboxylic acids is 1. The van der Waals surface area contributed by atoms with E-state index in [4.69, 9.17) is 18.9 Å². The summed E-state index contributed by atoms with van der Waals surface area (Å²) < 4.78 is 23.0. The molecule has 0 aromatic heterocycles. The van der Waals surface area contributed by atoms with Gasteiger partial charge in [0, 0.05) is 12.8 Å². The van der Waals surface area contributed by atoms with Gasteiger partial charge in [-0.15, -0.1) is 0 Å². The molecule has 2 unspecified atom stereocenters. The van der Waals surface area contributed by atoms with Crippen molar-refractivity contribution in [1.29, 1.82) is 0 Å². The van der Waals surface area contributed by atoms with Gasteiger partial charge in [-0.1, -0.05) is 295 Å². The van der Waals surface area contributed by atoms with Gasteiger partial charge in [-0.2, -0.15) is 0 Å². The molecule has 0 spiro atoms. The van der Waals surface area contributed by atoms with Crippen LogP contribution in [0.25, 0.3) is 0 Å². The van der Waals surface area contributed by atoms with Crippen LogP contribution < -0.4 is 0 Å². The zero-order valence-corrected chi connectivity index (χ0v) is 56.6. The predicted molar refractivity (Wildman–Crippen MR) is 373 cm³/mol. The van der Waals surface area contributed by atoms with Crippen LogP contribution in [0.2, 0.25) is 0 Å². The van der Waals surface area contributed by atoms with Crippen molar-refractivity contribution in [2.75, 3.05) is 47.5 Å². The van der Waals surface area contributed by atoms with Crippen LogP contribution in [0.5, 0.6) is 0 Å². The second kappa shape index (κ2) is 67.4. The SMILES string of the molecule is CC/C=C\C/C=C\C/C=C\C/C=C\C/C=C\C/C=C\CCCCCCCCCCCCCCCCC(=O)OC(COC(=O)CCCCCCCCCCCCCCC/C=C\C/C=C\C/C=C\C/C=C\C/C=C\CC)COC(OCC[N+](C)(C)C)C(=O)O. The third-order valence-electron chi connectivity index (χ3n) is 14.9. The fourth-order valence-corrected chi connectivity index (χ4v) is 9.58. The van der Waals surface area contributed by atoms with E-state index in [1.807, 2.05) is 21.1 Å². The van der Waals surface area contributed by atoms with Gasteiger partial charge in [-0.05, 0) is 109 Å². The van der Waals surface area contributed by atoms with Crippen LogP contribution in [0.1, 0.15) is 284 Å². The third-order valence-corrected chi connectivity index (χ3v) is 14.9. The molecular weight excluding hydrogens is 1080 g/mol. The molecule has 0 aliphatic rings. The Balaban J connectivity index is 4.13. The second-order valence-corrected chi connectivity index (χ2v) is 24.4. The van der Waals surface area contributed by atoms with Gasteiger partial charge >= 0.3 is 17.9 Å². The van der Waals surface area contributed by atoms with Gasteiger partial charge in [0.25, 0.3) is 6.29 Å². The number of carboxylic acid groups (broad SMARTS) is 1. The maximum Gasteiger partial charge on any atom is 0.361 e. The number of hydrogen-bond acceptors (Lipinski definition) is 7. The smallest absolute Gasteiger partial charge is 0.361 e. The molecule has 1 N–H and O–H groups in total. The monoisotopic (exact) mass is 1210 g/mol. The van der Waals surface area contributed by atoms with Gasteiger partial charge < -0.3 is 28.5 Å². The fourth-order valence-electron chi connectivity index (χ4n) is 9.58. The highest BCUT2D eigenvalue weighted by atomic mass is 16.7. The van der Waals surface area contributed by atoms with E-state index in [0.29, 0.717) is 23.9 Å². The molecule has 2 atom stereocenters. The number of carbonyl (C=O) groups is 3. The fraction of sp³-hybridized carbons (Fsp3) is 0.679. The normalized spacial score (nSPS) is 13.5. The molecular formula is C78H132NO8+. The van der Waals surface area contributed by atoms with Crippen LogP contribution >= 0.6 is 0 Å². The van der Waals surface area contributed by atoms with Crippen LogP contribution in [0.15, 0.2) is 134 Å². The highest BCUT2D eigenvalue weighted by Crippen LogP contribution is 2.17. The average Bonchev–Trinajstić information content (AvgIpc) is 3.59. The number of ether oxygens (including phenoxy) is 4. The summed E-state index contributed by atoms with van der Waals surface area (Å²) in [6, 6.07) is 0. The average molecular weight is 1210 g/mol. The van der Waals surface area contributed by atoms with E-state index >= 15 is 0 Å². The van der Waals surface area contributed by atoms with E-state index in [0.717, 1.165) is 109 Å². The largest absolute Gasteiger partial charge is 0.477 e. The molecule has 0 aromatic carbocycles. The maximum atomic E-state index is 13.0. The molecule has 9 heteroatoms. The highest BCUT2D eigenvalue weighted by molar-refractivity contribution is 5.71. The lowest BCUT2D eigenvalue weighted by molar-refractivity contribution is -0.870. The number of hydrogen-bond donors (Lipinski definition) is 1. The summed E-state index contributed by atoms with van der Waals surface area (Å²) in [4.78, 5) is 37.7. The first-order valence-electron chi connectivity index (χ1n) is 35.3. The Labute approximate surface area is 535 Å². The Bertz CT molecular complexity index is 1890. The number of carboxylic acids is 1. The summed E-state index contributed by atoms with van der Waals surface area (Å²) in [5.41, 5.74) is 0. The summed E-state index contributed by atoms with van der Waals surface area (Å²) >= 11 is 0. The van der Waals surface area contributed by atoms with Gasteiger partial charge in [0.05, 0.1) is 34.4 Å². The molecule has 0 aliphatic heterocycles. The van der Waals surface area contributed by atoms with Crippen LogP contribution in [0.4, 0.5) is 0 Å². The van der Waals surface area contributed by atoms with Crippen molar-refractivity contribution < 1.29 is 42.9 Å². The minimum absolute atomic E-state index is 0.182. The Morgan fingerprint density at radius 2 is 0.621 bits per heavy atom. The lowest BCUT2D eigenvalue weighted by Gasteiger charge is -2.25. The number of esters is 2. The summed E-state index contributed by atoms with van der Waals surface area (Å²) in [5, 5.41) is 9.75. The van der Waals surface area contributed by atoms with Crippen molar-refractivity contribution in [1.82, 2.24) is 0 Å². The van der Waals surface area contributed by atoms with E-state index in [1.54, 1.807) is 0 Å². The first-order chi connectivity index (χ1) is 42.6. The number of nitrogens with zero attached hydrogens (tertiary/aromatic N) is 1. The van der Waals surface area contributed by atoms with Crippen LogP contribution in [0, 0.1) is 0 Å². The molecule has 0 saturated carbocycles. The molecule has 496 valence electrons. The minimum atomic E-state index is -1.52. The summed E-state index contributed by atoms with van der Waals surface area (Å²) in [5.74, 6) is -2.01. The molecule has 0 bridgehead atoms. The molecule has 0 saturated heterocycles. The number of rotatable bonds is 64. The Morgan fingerprint density at radius 3 is 0.920 bits per heavy atom. The minimum Gasteiger partial charge on any atom is -0.477 e. The van der Waals surface area contributed by atoms with Crippen LogP contribution in [-0.4, -0.2) is 87.4 Å². The molecule has 9 nitrogen and oxygen atoms in total. The van der Waals surface area contributed by atoms with E-state index < -0.39 is 24.3 Å². The lowest BCUT2D eigenvalue weighted by Crippen LogP contribution is -2.40. The van der Waals surface area contributed by atoms with Crippen molar-refractivity contribution in [3.63, 3.8) is 0 Å². The molecule has 87 heavy (non-hydrogen) atoms. The maximum absolute atomic E-state index is 13.0. The predicted octanol–water partition coefficient (Wildman–Crippen LogP) is 22.1. The van der Waals surface area contributed by atoms with Crippen molar-refractivity contribution in [3.05, 3.63) is 134 Å². The van der Waals surface area contributed by atoms with Gasteiger partial charge in [0.15, 0.2) is 6.10 Å². The van der Waals surface area contributed by atoms with E-state index in [2.05, 4.69) is 148 Å². The van der Waals surface area contributed by atoms with Crippen molar-refractivity contribution in [2.45, 2.75) is 296 Å². The quantitative estimate of drug-likeness (QED) is 0.0211. The zero-order valence-electron chi connectivity index (χ0n) is 56.6. The number of unbranched alkanes of at least 4 members (excludes halogenated alkanes) is 27. The van der Waals surface area contributed by atoms with Gasteiger partial charge in [-0.3, -0.25) is 9.59 Å². The molecule has 0 aromatic rings. The van der Waals surface area contributed by atoms with Crippen LogP contribution in [-0.2, 0) is 33.3 Å². The van der Waals surface area contributed by atoms with Crippen molar-refractivity contribution >= 4 is 17.9 Å². The number of carbonyl (C=O) groups excluding carboxylic acids is 2. The molecule has 0 aliphatic carbocycles.